The van der Waals surface area contributed by atoms with E-state index >= 15 is 0 Å². The van der Waals surface area contributed by atoms with Crippen LogP contribution in [0.1, 0.15) is 28.8 Å². The third-order valence-electron chi connectivity index (χ3n) is 5.65. The second kappa shape index (κ2) is 7.61. The maximum absolute atomic E-state index is 13.4. The summed E-state index contributed by atoms with van der Waals surface area (Å²) in [5.41, 5.74) is 2.46. The minimum Gasteiger partial charge on any atom is -0.338 e. The molecule has 0 saturated heterocycles. The monoisotopic (exact) mass is 420 g/mol. The third kappa shape index (κ3) is 3.59. The average Bonchev–Trinajstić information content (AvgIpc) is 3.48. The van der Waals surface area contributed by atoms with Gasteiger partial charge < -0.3 is 9.88 Å². The molecule has 4 aromatic rings. The Bertz CT molecular complexity index is 1290. The number of amides is 1. The Morgan fingerprint density at radius 2 is 1.93 bits per heavy atom. The average molecular weight is 421 g/mol. The van der Waals surface area contributed by atoms with Crippen molar-refractivity contribution in [1.29, 1.82) is 0 Å². The molecule has 2 heterocycles. The number of aromatic nitrogens is 3. The van der Waals surface area contributed by atoms with Gasteiger partial charge in [-0.15, -0.1) is 0 Å². The number of halogens is 1. The molecule has 152 valence electrons. The van der Waals surface area contributed by atoms with Crippen LogP contribution in [0.15, 0.2) is 59.5 Å². The van der Waals surface area contributed by atoms with Crippen molar-refractivity contribution in [3.8, 4) is 0 Å². The maximum atomic E-state index is 13.4. The van der Waals surface area contributed by atoms with E-state index in [0.29, 0.717) is 39.6 Å². The van der Waals surface area contributed by atoms with Crippen molar-refractivity contribution in [3.63, 3.8) is 0 Å². The van der Waals surface area contributed by atoms with Crippen LogP contribution in [0.4, 0.5) is 0 Å². The van der Waals surface area contributed by atoms with E-state index in [1.165, 1.54) is 0 Å². The molecule has 1 aliphatic carbocycles. The molecule has 30 heavy (non-hydrogen) atoms. The molecule has 0 bridgehead atoms. The fraction of sp³-hybridized carbons (Fsp3) is 0.261. The number of benzene rings is 2. The lowest BCUT2D eigenvalue weighted by Crippen LogP contribution is -2.35. The number of nitrogens with one attached hydrogen (secondary N) is 1. The molecule has 1 aliphatic rings. The molecule has 1 fully saturated rings. The summed E-state index contributed by atoms with van der Waals surface area (Å²) in [6.45, 7) is 1.33. The Balaban J connectivity index is 1.47. The molecule has 0 atom stereocenters. The highest BCUT2D eigenvalue weighted by atomic mass is 35.5. The van der Waals surface area contributed by atoms with Crippen molar-refractivity contribution in [2.24, 2.45) is 5.92 Å². The second-order valence-corrected chi connectivity index (χ2v) is 8.30. The number of rotatable bonds is 6. The summed E-state index contributed by atoms with van der Waals surface area (Å²) in [4.78, 5) is 30.7. The van der Waals surface area contributed by atoms with Crippen molar-refractivity contribution in [2.75, 3.05) is 13.1 Å². The van der Waals surface area contributed by atoms with Crippen LogP contribution in [0.3, 0.4) is 0 Å². The molecule has 2 aromatic heterocycles. The van der Waals surface area contributed by atoms with Crippen LogP contribution in [0.2, 0.25) is 5.02 Å². The van der Waals surface area contributed by atoms with E-state index in [0.717, 1.165) is 31.4 Å². The normalized spacial score (nSPS) is 13.8. The molecule has 0 spiro atoms. The largest absolute Gasteiger partial charge is 0.338 e. The fourth-order valence-electron chi connectivity index (χ4n) is 3.81. The lowest BCUT2D eigenvalue weighted by molar-refractivity contribution is 0.0751. The lowest BCUT2D eigenvalue weighted by Gasteiger charge is -2.22. The zero-order valence-electron chi connectivity index (χ0n) is 16.3. The minimum absolute atomic E-state index is 0.100. The summed E-state index contributed by atoms with van der Waals surface area (Å²) >= 11 is 5.98. The topological polar surface area (TPSA) is 70.5 Å². The fourth-order valence-corrected chi connectivity index (χ4v) is 3.93. The van der Waals surface area contributed by atoms with E-state index in [-0.39, 0.29) is 11.5 Å². The molecule has 7 heteroatoms. The van der Waals surface area contributed by atoms with Gasteiger partial charge in [-0.3, -0.25) is 9.59 Å². The van der Waals surface area contributed by atoms with Crippen molar-refractivity contribution in [3.05, 3.63) is 81.2 Å². The standard InChI is InChI=1S/C23H21ClN4O2/c24-17-9-7-15(8-10-17)11-12-27(14-16-5-6-16)23(30)19-13-25-28-20-4-2-1-3-18(20)22(29)26-21(19)28/h1-4,7-10,13,16H,5-6,11-12,14H2,(H,26,29). The SMILES string of the molecule is O=C(c1cnn2c1[nH]c(=O)c1ccccc12)N(CCc1ccc(Cl)cc1)CC1CC1. The first-order valence-electron chi connectivity index (χ1n) is 10.1. The number of hydrogen-bond acceptors (Lipinski definition) is 3. The van der Waals surface area contributed by atoms with Crippen molar-refractivity contribution in [1.82, 2.24) is 19.5 Å². The highest BCUT2D eigenvalue weighted by Crippen LogP contribution is 2.30. The van der Waals surface area contributed by atoms with Gasteiger partial charge in [0.2, 0.25) is 0 Å². The Morgan fingerprint density at radius 1 is 1.17 bits per heavy atom. The van der Waals surface area contributed by atoms with E-state index in [1.807, 2.05) is 47.4 Å². The second-order valence-electron chi connectivity index (χ2n) is 7.86. The van der Waals surface area contributed by atoms with E-state index in [4.69, 9.17) is 11.6 Å². The minimum atomic E-state index is -0.220. The summed E-state index contributed by atoms with van der Waals surface area (Å²) in [7, 11) is 0. The first-order valence-corrected chi connectivity index (χ1v) is 10.5. The van der Waals surface area contributed by atoms with Crippen molar-refractivity contribution >= 4 is 34.1 Å². The lowest BCUT2D eigenvalue weighted by atomic mass is 10.1. The number of para-hydroxylation sites is 1. The van der Waals surface area contributed by atoms with Gasteiger partial charge >= 0.3 is 0 Å². The van der Waals surface area contributed by atoms with Gasteiger partial charge in [-0.1, -0.05) is 35.9 Å². The zero-order valence-corrected chi connectivity index (χ0v) is 17.1. The highest BCUT2D eigenvalue weighted by molar-refractivity contribution is 6.30. The molecule has 1 saturated carbocycles. The van der Waals surface area contributed by atoms with E-state index in [2.05, 4.69) is 10.1 Å². The van der Waals surface area contributed by atoms with Crippen LogP contribution in [0.5, 0.6) is 0 Å². The number of H-pyrrole nitrogens is 1. The van der Waals surface area contributed by atoms with Crippen LogP contribution >= 0.6 is 11.6 Å². The van der Waals surface area contributed by atoms with Gasteiger partial charge in [0, 0.05) is 18.1 Å². The van der Waals surface area contributed by atoms with E-state index in [1.54, 1.807) is 16.8 Å². The van der Waals surface area contributed by atoms with Crippen molar-refractivity contribution in [2.45, 2.75) is 19.3 Å². The number of nitrogens with zero attached hydrogens (tertiary/aromatic N) is 3. The molecule has 0 unspecified atom stereocenters. The van der Waals surface area contributed by atoms with Crippen molar-refractivity contribution < 1.29 is 4.79 Å². The quantitative estimate of drug-likeness (QED) is 0.514. The van der Waals surface area contributed by atoms with Crippen LogP contribution < -0.4 is 5.56 Å². The highest BCUT2D eigenvalue weighted by Gasteiger charge is 2.29. The molecule has 0 aliphatic heterocycles. The molecule has 0 radical (unpaired) electrons. The Hall–Kier alpha value is -3.12. The Labute approximate surface area is 178 Å². The molecule has 6 nitrogen and oxygen atoms in total. The van der Waals surface area contributed by atoms with Gasteiger partial charge in [-0.25, -0.2) is 4.52 Å². The predicted molar refractivity (Wildman–Crippen MR) is 117 cm³/mol. The smallest absolute Gasteiger partial charge is 0.259 e. The number of carbonyl (C=O) groups excluding carboxylic acids is 1. The maximum Gasteiger partial charge on any atom is 0.259 e. The van der Waals surface area contributed by atoms with Crippen LogP contribution in [0, 0.1) is 5.92 Å². The van der Waals surface area contributed by atoms with E-state index in [9.17, 15) is 9.59 Å². The number of aromatic amines is 1. The van der Waals surface area contributed by atoms with Gasteiger partial charge in [-0.05, 0) is 55.0 Å². The summed E-state index contributed by atoms with van der Waals surface area (Å²) in [5.74, 6) is 0.456. The molecule has 2 aromatic carbocycles. The first-order chi connectivity index (χ1) is 14.6. The molecular formula is C23H21ClN4O2. The zero-order chi connectivity index (χ0) is 20.7. The Morgan fingerprint density at radius 3 is 2.70 bits per heavy atom. The van der Waals surface area contributed by atoms with Gasteiger partial charge in [0.1, 0.15) is 11.2 Å². The van der Waals surface area contributed by atoms with Gasteiger partial charge in [-0.2, -0.15) is 5.10 Å². The molecule has 1 N–H and O–H groups in total. The summed E-state index contributed by atoms with van der Waals surface area (Å²) in [6, 6.07) is 15.0. The van der Waals surface area contributed by atoms with Crippen LogP contribution in [0.25, 0.3) is 16.6 Å². The van der Waals surface area contributed by atoms with E-state index < -0.39 is 0 Å². The predicted octanol–water partition coefficient (Wildman–Crippen LogP) is 3.92. The number of carbonyl (C=O) groups is 1. The first kappa shape index (κ1) is 18.9. The molecule has 1 amide bonds. The van der Waals surface area contributed by atoms with Crippen LogP contribution in [-0.4, -0.2) is 38.5 Å². The summed E-state index contributed by atoms with van der Waals surface area (Å²) in [5, 5.41) is 5.65. The van der Waals surface area contributed by atoms with Gasteiger partial charge in [0.15, 0.2) is 0 Å². The Kier molecular flexibility index (Phi) is 4.79. The molecule has 5 rings (SSSR count). The molecular weight excluding hydrogens is 400 g/mol. The summed E-state index contributed by atoms with van der Waals surface area (Å²) in [6.07, 6.45) is 4.61. The number of hydrogen-bond donors (Lipinski definition) is 1. The van der Waals surface area contributed by atoms with Crippen LogP contribution in [-0.2, 0) is 6.42 Å². The van der Waals surface area contributed by atoms with Gasteiger partial charge in [0.25, 0.3) is 11.5 Å². The third-order valence-corrected chi connectivity index (χ3v) is 5.91. The van der Waals surface area contributed by atoms with Gasteiger partial charge in [0.05, 0.1) is 17.1 Å². The summed E-state index contributed by atoms with van der Waals surface area (Å²) < 4.78 is 1.64. The number of fused-ring (bicyclic) bond motifs is 3.